The Morgan fingerprint density at radius 2 is 1.97 bits per heavy atom. The monoisotopic (exact) mass is 416 g/mol. The van der Waals surface area contributed by atoms with Crippen LogP contribution in [-0.4, -0.2) is 41.0 Å². The van der Waals surface area contributed by atoms with Gasteiger partial charge in [-0.15, -0.1) is 0 Å². The van der Waals surface area contributed by atoms with Crippen LogP contribution in [0.2, 0.25) is 0 Å². The van der Waals surface area contributed by atoms with E-state index in [1.807, 2.05) is 36.4 Å². The van der Waals surface area contributed by atoms with Gasteiger partial charge in [0.2, 0.25) is 5.91 Å². The zero-order valence-electron chi connectivity index (χ0n) is 18.0. The molecule has 0 saturated carbocycles. The molecule has 160 valence electrons. The highest BCUT2D eigenvalue weighted by Gasteiger charge is 2.25. The van der Waals surface area contributed by atoms with Crippen molar-refractivity contribution in [2.24, 2.45) is 0 Å². The van der Waals surface area contributed by atoms with E-state index in [0.29, 0.717) is 5.92 Å². The summed E-state index contributed by atoms with van der Waals surface area (Å²) in [5.74, 6) is 1.11. The number of rotatable bonds is 6. The summed E-state index contributed by atoms with van der Waals surface area (Å²) in [6.07, 6.45) is 5.74. The zero-order chi connectivity index (χ0) is 21.6. The Kier molecular flexibility index (Phi) is 6.57. The predicted octanol–water partition coefficient (Wildman–Crippen LogP) is 4.49. The molecular weight excluding hydrogens is 388 g/mol. The van der Waals surface area contributed by atoms with Crippen LogP contribution in [0.4, 0.5) is 5.69 Å². The number of hydrogen-bond donors (Lipinski definition) is 1. The van der Waals surface area contributed by atoms with E-state index in [2.05, 4.69) is 27.3 Å². The fourth-order valence-electron chi connectivity index (χ4n) is 4.23. The van der Waals surface area contributed by atoms with Crippen LogP contribution in [0.15, 0.2) is 60.9 Å². The summed E-state index contributed by atoms with van der Waals surface area (Å²) < 4.78 is 5.27. The van der Waals surface area contributed by atoms with Gasteiger partial charge < -0.3 is 10.1 Å². The molecule has 6 nitrogen and oxygen atoms in total. The topological polar surface area (TPSA) is 67.3 Å². The van der Waals surface area contributed by atoms with Crippen LogP contribution in [0.25, 0.3) is 11.3 Å². The molecule has 3 aromatic rings. The van der Waals surface area contributed by atoms with Crippen molar-refractivity contribution in [3.63, 3.8) is 0 Å². The Bertz CT molecular complexity index is 1040. The molecule has 0 bridgehead atoms. The van der Waals surface area contributed by atoms with Gasteiger partial charge in [0, 0.05) is 49.6 Å². The number of piperidine rings is 1. The molecule has 6 heteroatoms. The van der Waals surface area contributed by atoms with Gasteiger partial charge in [-0.1, -0.05) is 24.3 Å². The number of anilines is 1. The predicted molar refractivity (Wildman–Crippen MR) is 122 cm³/mol. The Morgan fingerprint density at radius 1 is 1.16 bits per heavy atom. The first-order valence-corrected chi connectivity index (χ1v) is 10.7. The van der Waals surface area contributed by atoms with Gasteiger partial charge in [-0.25, -0.2) is 0 Å². The molecule has 0 radical (unpaired) electrons. The standard InChI is InChI=1S/C25H28N4O2/c1-18(30)28-22-7-3-5-20(15-22)24-25(27-13-12-26-24)21-6-4-14-29(17-21)16-19-8-10-23(31-2)11-9-19/h3,5,7-13,15,21H,4,6,14,16-17H2,1-2H3,(H,28,30)/t21-/m0/s1. The highest BCUT2D eigenvalue weighted by Crippen LogP contribution is 2.33. The van der Waals surface area contributed by atoms with Gasteiger partial charge in [0.15, 0.2) is 0 Å². The van der Waals surface area contributed by atoms with E-state index >= 15 is 0 Å². The average molecular weight is 417 g/mol. The normalized spacial score (nSPS) is 16.6. The number of nitrogens with zero attached hydrogens (tertiary/aromatic N) is 3. The van der Waals surface area contributed by atoms with Gasteiger partial charge in [0.25, 0.3) is 0 Å². The van der Waals surface area contributed by atoms with E-state index in [9.17, 15) is 4.79 Å². The maximum atomic E-state index is 11.4. The van der Waals surface area contributed by atoms with Crippen molar-refractivity contribution in [3.8, 4) is 17.0 Å². The fourth-order valence-corrected chi connectivity index (χ4v) is 4.23. The van der Waals surface area contributed by atoms with Crippen molar-refractivity contribution in [2.45, 2.75) is 32.2 Å². The molecule has 1 amide bonds. The van der Waals surface area contributed by atoms with Crippen LogP contribution >= 0.6 is 0 Å². The number of nitrogens with one attached hydrogen (secondary N) is 1. The van der Waals surface area contributed by atoms with E-state index in [4.69, 9.17) is 9.72 Å². The maximum absolute atomic E-state index is 11.4. The first-order chi connectivity index (χ1) is 15.1. The van der Waals surface area contributed by atoms with Crippen LogP contribution in [-0.2, 0) is 11.3 Å². The lowest BCUT2D eigenvalue weighted by atomic mass is 9.91. The first-order valence-electron chi connectivity index (χ1n) is 10.7. The summed E-state index contributed by atoms with van der Waals surface area (Å²) in [5, 5.41) is 2.85. The third kappa shape index (κ3) is 5.27. The van der Waals surface area contributed by atoms with Crippen LogP contribution < -0.4 is 10.1 Å². The highest BCUT2D eigenvalue weighted by molar-refractivity contribution is 5.89. The van der Waals surface area contributed by atoms with Crippen LogP contribution in [0.3, 0.4) is 0 Å². The minimum absolute atomic E-state index is 0.0852. The van der Waals surface area contributed by atoms with Gasteiger partial charge in [-0.05, 0) is 49.2 Å². The van der Waals surface area contributed by atoms with Crippen LogP contribution in [0.5, 0.6) is 5.75 Å². The van der Waals surface area contributed by atoms with Gasteiger partial charge in [-0.3, -0.25) is 19.7 Å². The maximum Gasteiger partial charge on any atom is 0.221 e. The molecule has 4 rings (SSSR count). The van der Waals surface area contributed by atoms with Crippen LogP contribution in [0, 0.1) is 0 Å². The average Bonchev–Trinajstić information content (AvgIpc) is 2.79. The van der Waals surface area contributed by atoms with Crippen molar-refractivity contribution in [1.82, 2.24) is 14.9 Å². The van der Waals surface area contributed by atoms with E-state index in [-0.39, 0.29) is 5.91 Å². The number of aromatic nitrogens is 2. The second-order valence-electron chi connectivity index (χ2n) is 7.97. The molecule has 1 aliphatic heterocycles. The Morgan fingerprint density at radius 3 is 2.74 bits per heavy atom. The molecule has 1 atom stereocenters. The summed E-state index contributed by atoms with van der Waals surface area (Å²) in [6.45, 7) is 4.45. The molecule has 1 aliphatic rings. The quantitative estimate of drug-likeness (QED) is 0.641. The van der Waals surface area contributed by atoms with E-state index in [0.717, 1.165) is 60.9 Å². The molecule has 1 aromatic heterocycles. The summed E-state index contributed by atoms with van der Waals surface area (Å²) in [5.41, 5.74) is 4.95. The van der Waals surface area contributed by atoms with E-state index in [1.54, 1.807) is 19.5 Å². The Labute approximate surface area is 183 Å². The smallest absolute Gasteiger partial charge is 0.221 e. The number of ether oxygens (including phenoxy) is 1. The fraction of sp³-hybridized carbons (Fsp3) is 0.320. The molecule has 31 heavy (non-hydrogen) atoms. The lowest BCUT2D eigenvalue weighted by Gasteiger charge is -2.33. The number of benzene rings is 2. The number of methoxy groups -OCH3 is 1. The number of amides is 1. The van der Waals surface area contributed by atoms with Crippen molar-refractivity contribution in [1.29, 1.82) is 0 Å². The molecule has 1 N–H and O–H groups in total. The molecule has 0 unspecified atom stereocenters. The second kappa shape index (κ2) is 9.71. The third-order valence-corrected chi connectivity index (χ3v) is 5.64. The van der Waals surface area contributed by atoms with Crippen molar-refractivity contribution < 1.29 is 9.53 Å². The molecular formula is C25H28N4O2. The minimum atomic E-state index is -0.0852. The Hall–Kier alpha value is -3.25. The molecule has 1 saturated heterocycles. The second-order valence-corrected chi connectivity index (χ2v) is 7.97. The summed E-state index contributed by atoms with van der Waals surface area (Å²) in [4.78, 5) is 23.3. The SMILES string of the molecule is COc1ccc(CN2CCC[C@H](c3nccnc3-c3cccc(NC(C)=O)c3)C2)cc1. The largest absolute Gasteiger partial charge is 0.497 e. The number of carbonyl (C=O) groups excluding carboxylic acids is 1. The molecule has 1 fully saturated rings. The first kappa shape index (κ1) is 21.0. The van der Waals surface area contributed by atoms with Crippen molar-refractivity contribution >= 4 is 11.6 Å². The molecule has 0 spiro atoms. The molecule has 0 aliphatic carbocycles. The highest BCUT2D eigenvalue weighted by atomic mass is 16.5. The lowest BCUT2D eigenvalue weighted by Crippen LogP contribution is -2.34. The molecule has 2 aromatic carbocycles. The van der Waals surface area contributed by atoms with Gasteiger partial charge >= 0.3 is 0 Å². The van der Waals surface area contributed by atoms with Crippen molar-refractivity contribution in [3.05, 3.63) is 72.2 Å². The third-order valence-electron chi connectivity index (χ3n) is 5.64. The summed E-state index contributed by atoms with van der Waals surface area (Å²) in [6, 6.07) is 16.1. The minimum Gasteiger partial charge on any atom is -0.497 e. The van der Waals surface area contributed by atoms with Crippen molar-refractivity contribution in [2.75, 3.05) is 25.5 Å². The number of likely N-dealkylation sites (tertiary alicyclic amines) is 1. The Balaban J connectivity index is 1.53. The lowest BCUT2D eigenvalue weighted by molar-refractivity contribution is -0.114. The van der Waals surface area contributed by atoms with Gasteiger partial charge in [-0.2, -0.15) is 0 Å². The van der Waals surface area contributed by atoms with Crippen LogP contribution in [0.1, 0.15) is 36.9 Å². The summed E-state index contributed by atoms with van der Waals surface area (Å²) in [7, 11) is 1.69. The summed E-state index contributed by atoms with van der Waals surface area (Å²) >= 11 is 0. The number of hydrogen-bond acceptors (Lipinski definition) is 5. The van der Waals surface area contributed by atoms with E-state index < -0.39 is 0 Å². The van der Waals surface area contributed by atoms with E-state index in [1.165, 1.54) is 12.5 Å². The van der Waals surface area contributed by atoms with Gasteiger partial charge in [0.05, 0.1) is 18.5 Å². The molecule has 2 heterocycles. The zero-order valence-corrected chi connectivity index (χ0v) is 18.0. The van der Waals surface area contributed by atoms with Gasteiger partial charge in [0.1, 0.15) is 5.75 Å². The number of carbonyl (C=O) groups is 1.